The second-order valence-corrected chi connectivity index (χ2v) is 5.62. The maximum Gasteiger partial charge on any atom is 0.266 e. The highest BCUT2D eigenvalue weighted by Crippen LogP contribution is 2.30. The van der Waals surface area contributed by atoms with E-state index < -0.39 is 0 Å². The molecule has 1 amide bonds. The molecule has 0 unspecified atom stereocenters. The predicted octanol–water partition coefficient (Wildman–Crippen LogP) is 2.93. The zero-order valence-corrected chi connectivity index (χ0v) is 11.0. The van der Waals surface area contributed by atoms with E-state index in [4.69, 9.17) is 11.6 Å². The minimum absolute atomic E-state index is 0.135. The van der Waals surface area contributed by atoms with Gasteiger partial charge in [0.25, 0.3) is 5.91 Å². The molecule has 0 aliphatic heterocycles. The van der Waals surface area contributed by atoms with Gasteiger partial charge in [0.15, 0.2) is 0 Å². The number of carbonyl (C=O) groups is 1. The van der Waals surface area contributed by atoms with Gasteiger partial charge in [-0.05, 0) is 30.9 Å². The van der Waals surface area contributed by atoms with E-state index in [-0.39, 0.29) is 5.91 Å². The molecule has 0 fully saturated rings. The highest BCUT2D eigenvalue weighted by Gasteiger charge is 2.18. The first-order chi connectivity index (χ1) is 8.72. The first kappa shape index (κ1) is 11.6. The van der Waals surface area contributed by atoms with E-state index >= 15 is 0 Å². The van der Waals surface area contributed by atoms with Crippen LogP contribution in [-0.4, -0.2) is 15.9 Å². The van der Waals surface area contributed by atoms with Crippen molar-refractivity contribution in [2.45, 2.75) is 19.3 Å². The molecule has 2 aromatic rings. The molecule has 6 heteroatoms. The SMILES string of the molecule is O=C(Nc1cc(Cl)ncn1)c1cc2c(s1)CCC2. The maximum atomic E-state index is 12.0. The number of rotatable bonds is 2. The number of amides is 1. The third kappa shape index (κ3) is 2.23. The molecule has 2 heterocycles. The van der Waals surface area contributed by atoms with Crippen LogP contribution >= 0.6 is 22.9 Å². The van der Waals surface area contributed by atoms with E-state index in [2.05, 4.69) is 15.3 Å². The van der Waals surface area contributed by atoms with Gasteiger partial charge in [-0.1, -0.05) is 11.6 Å². The van der Waals surface area contributed by atoms with Crippen molar-refractivity contribution in [2.24, 2.45) is 0 Å². The van der Waals surface area contributed by atoms with Gasteiger partial charge in [0.05, 0.1) is 4.88 Å². The molecule has 1 aliphatic carbocycles. The van der Waals surface area contributed by atoms with Gasteiger partial charge in [0.2, 0.25) is 0 Å². The number of aromatic nitrogens is 2. The second kappa shape index (κ2) is 4.66. The molecule has 0 bridgehead atoms. The number of aryl methyl sites for hydroxylation is 2. The van der Waals surface area contributed by atoms with Crippen molar-refractivity contribution in [3.05, 3.63) is 38.9 Å². The van der Waals surface area contributed by atoms with Gasteiger partial charge in [0.1, 0.15) is 17.3 Å². The molecule has 18 heavy (non-hydrogen) atoms. The Bertz CT molecular complexity index is 590. The first-order valence-corrected chi connectivity index (χ1v) is 6.82. The maximum absolute atomic E-state index is 12.0. The second-order valence-electron chi connectivity index (χ2n) is 4.09. The minimum atomic E-state index is -0.135. The summed E-state index contributed by atoms with van der Waals surface area (Å²) >= 11 is 7.30. The topological polar surface area (TPSA) is 54.9 Å². The molecule has 4 nitrogen and oxygen atoms in total. The average molecular weight is 280 g/mol. The summed E-state index contributed by atoms with van der Waals surface area (Å²) in [6, 6.07) is 3.51. The van der Waals surface area contributed by atoms with Crippen LogP contribution in [0.25, 0.3) is 0 Å². The zero-order valence-electron chi connectivity index (χ0n) is 9.44. The number of halogens is 1. The molecule has 3 rings (SSSR count). The number of thiophene rings is 1. The Hall–Kier alpha value is -1.46. The quantitative estimate of drug-likeness (QED) is 0.860. The van der Waals surface area contributed by atoms with E-state index in [9.17, 15) is 4.79 Å². The standard InChI is InChI=1S/C12H10ClN3OS/c13-10-5-11(15-6-14-10)16-12(17)9-4-7-2-1-3-8(7)18-9/h4-6H,1-3H2,(H,14,15,16,17). The molecule has 0 atom stereocenters. The highest BCUT2D eigenvalue weighted by molar-refractivity contribution is 7.14. The van der Waals surface area contributed by atoms with Gasteiger partial charge >= 0.3 is 0 Å². The van der Waals surface area contributed by atoms with Gasteiger partial charge in [-0.25, -0.2) is 9.97 Å². The Morgan fingerprint density at radius 2 is 2.22 bits per heavy atom. The Morgan fingerprint density at radius 3 is 3.00 bits per heavy atom. The molecule has 0 saturated carbocycles. The van der Waals surface area contributed by atoms with E-state index in [1.54, 1.807) is 11.3 Å². The first-order valence-electron chi connectivity index (χ1n) is 5.63. The van der Waals surface area contributed by atoms with Crippen LogP contribution in [0.4, 0.5) is 5.82 Å². The third-order valence-corrected chi connectivity index (χ3v) is 4.29. The fourth-order valence-electron chi connectivity index (χ4n) is 2.02. The van der Waals surface area contributed by atoms with Crippen LogP contribution in [0.15, 0.2) is 18.5 Å². The fraction of sp³-hybridized carbons (Fsp3) is 0.250. The molecule has 1 aliphatic rings. The predicted molar refractivity (Wildman–Crippen MR) is 71.3 cm³/mol. The van der Waals surface area contributed by atoms with Crippen molar-refractivity contribution in [3.63, 3.8) is 0 Å². The summed E-state index contributed by atoms with van der Waals surface area (Å²) in [4.78, 5) is 21.8. The Morgan fingerprint density at radius 1 is 1.33 bits per heavy atom. The van der Waals surface area contributed by atoms with Crippen LogP contribution in [0.3, 0.4) is 0 Å². The number of fused-ring (bicyclic) bond motifs is 1. The lowest BCUT2D eigenvalue weighted by molar-refractivity contribution is 0.103. The van der Waals surface area contributed by atoms with Crippen molar-refractivity contribution in [1.29, 1.82) is 0 Å². The Labute approximate surface area is 113 Å². The summed E-state index contributed by atoms with van der Waals surface area (Å²) in [5.74, 6) is 0.290. The summed E-state index contributed by atoms with van der Waals surface area (Å²) in [5, 5.41) is 3.04. The summed E-state index contributed by atoms with van der Waals surface area (Å²) in [7, 11) is 0. The highest BCUT2D eigenvalue weighted by atomic mass is 35.5. The molecular weight excluding hydrogens is 270 g/mol. The van der Waals surface area contributed by atoms with Crippen molar-refractivity contribution in [1.82, 2.24) is 9.97 Å². The lowest BCUT2D eigenvalue weighted by Crippen LogP contribution is -2.11. The summed E-state index contributed by atoms with van der Waals surface area (Å²) in [6.45, 7) is 0. The van der Waals surface area contributed by atoms with Crippen LogP contribution in [0.5, 0.6) is 0 Å². The molecular formula is C12H10ClN3OS. The van der Waals surface area contributed by atoms with Gasteiger partial charge in [0, 0.05) is 10.9 Å². The van der Waals surface area contributed by atoms with Crippen LogP contribution in [0.2, 0.25) is 5.15 Å². The van der Waals surface area contributed by atoms with E-state index in [1.165, 1.54) is 29.3 Å². The van der Waals surface area contributed by atoms with Crippen LogP contribution in [0, 0.1) is 0 Å². The summed E-state index contributed by atoms with van der Waals surface area (Å²) in [6.07, 6.45) is 4.70. The lowest BCUT2D eigenvalue weighted by Gasteiger charge is -2.02. The minimum Gasteiger partial charge on any atom is -0.306 e. The number of hydrogen-bond donors (Lipinski definition) is 1. The number of nitrogens with zero attached hydrogens (tertiary/aromatic N) is 2. The van der Waals surface area contributed by atoms with Gasteiger partial charge in [-0.2, -0.15) is 0 Å². The Balaban J connectivity index is 1.78. The number of nitrogens with one attached hydrogen (secondary N) is 1. The summed E-state index contributed by atoms with van der Waals surface area (Å²) < 4.78 is 0. The van der Waals surface area contributed by atoms with Gasteiger partial charge in [-0.15, -0.1) is 11.3 Å². The van der Waals surface area contributed by atoms with Gasteiger partial charge in [-0.3, -0.25) is 4.79 Å². The number of carbonyl (C=O) groups excluding carboxylic acids is 1. The average Bonchev–Trinajstić information content (AvgIpc) is 2.88. The van der Waals surface area contributed by atoms with Crippen LogP contribution in [-0.2, 0) is 12.8 Å². The zero-order chi connectivity index (χ0) is 12.5. The van der Waals surface area contributed by atoms with Crippen LogP contribution in [0.1, 0.15) is 26.5 Å². The van der Waals surface area contributed by atoms with Crippen molar-refractivity contribution in [2.75, 3.05) is 5.32 Å². The molecule has 0 saturated heterocycles. The number of hydrogen-bond acceptors (Lipinski definition) is 4. The molecule has 0 aromatic carbocycles. The number of anilines is 1. The van der Waals surface area contributed by atoms with E-state index in [1.807, 2.05) is 6.07 Å². The molecule has 1 N–H and O–H groups in total. The molecule has 2 aromatic heterocycles. The summed E-state index contributed by atoms with van der Waals surface area (Å²) in [5.41, 5.74) is 1.31. The van der Waals surface area contributed by atoms with Crippen molar-refractivity contribution < 1.29 is 4.79 Å². The van der Waals surface area contributed by atoms with E-state index in [0.29, 0.717) is 11.0 Å². The largest absolute Gasteiger partial charge is 0.306 e. The molecule has 0 spiro atoms. The van der Waals surface area contributed by atoms with E-state index in [0.717, 1.165) is 17.7 Å². The monoisotopic (exact) mass is 279 g/mol. The van der Waals surface area contributed by atoms with Crippen molar-refractivity contribution >= 4 is 34.7 Å². The fourth-order valence-corrected chi connectivity index (χ4v) is 3.32. The smallest absolute Gasteiger partial charge is 0.266 e. The van der Waals surface area contributed by atoms with Crippen LogP contribution < -0.4 is 5.32 Å². The Kier molecular flexibility index (Phi) is 3.01. The lowest BCUT2D eigenvalue weighted by atomic mass is 10.2. The molecule has 92 valence electrons. The normalized spacial score (nSPS) is 13.4. The van der Waals surface area contributed by atoms with Crippen molar-refractivity contribution in [3.8, 4) is 0 Å². The third-order valence-electron chi connectivity index (χ3n) is 2.85. The van der Waals surface area contributed by atoms with Gasteiger partial charge < -0.3 is 5.32 Å². The molecule has 0 radical (unpaired) electrons.